The van der Waals surface area contributed by atoms with E-state index < -0.39 is 0 Å². The zero-order valence-corrected chi connectivity index (χ0v) is 16.9. The zero-order valence-electron chi connectivity index (χ0n) is 15.4. The maximum Gasteiger partial charge on any atom is 0.227 e. The molecule has 0 bridgehead atoms. The molecular weight excluding hydrogens is 371 g/mol. The van der Waals surface area contributed by atoms with Crippen LogP contribution in [0.25, 0.3) is 5.69 Å². The zero-order chi connectivity index (χ0) is 19.1. The first-order valence-corrected chi connectivity index (χ1v) is 9.48. The van der Waals surface area contributed by atoms with Crippen molar-refractivity contribution >= 4 is 29.1 Å². The van der Waals surface area contributed by atoms with Gasteiger partial charge in [-0.2, -0.15) is 5.10 Å². The molecule has 5 nitrogen and oxygen atoms in total. The van der Waals surface area contributed by atoms with Gasteiger partial charge in [0.15, 0.2) is 0 Å². The van der Waals surface area contributed by atoms with Gasteiger partial charge in [-0.1, -0.05) is 30.1 Å². The van der Waals surface area contributed by atoms with E-state index in [-0.39, 0.29) is 11.3 Å². The van der Waals surface area contributed by atoms with Crippen molar-refractivity contribution in [3.63, 3.8) is 0 Å². The summed E-state index contributed by atoms with van der Waals surface area (Å²) in [6.45, 7) is 8.10. The molecule has 1 saturated heterocycles. The summed E-state index contributed by atoms with van der Waals surface area (Å²) in [6, 6.07) is 5.31. The fourth-order valence-electron chi connectivity index (χ4n) is 3.48. The van der Waals surface area contributed by atoms with Crippen LogP contribution in [0.4, 0.5) is 0 Å². The number of halogens is 2. The van der Waals surface area contributed by atoms with Crippen LogP contribution in [0.5, 0.6) is 0 Å². The summed E-state index contributed by atoms with van der Waals surface area (Å²) in [5.41, 5.74) is 9.34. The van der Waals surface area contributed by atoms with E-state index in [0.717, 1.165) is 42.1 Å². The highest BCUT2D eigenvalue weighted by molar-refractivity contribution is 6.35. The summed E-state index contributed by atoms with van der Waals surface area (Å²) in [6.07, 6.45) is 1.29. The monoisotopic (exact) mass is 394 g/mol. The molecule has 1 aliphatic rings. The highest BCUT2D eigenvalue weighted by Gasteiger charge is 2.35. The number of amides is 1. The maximum absolute atomic E-state index is 12.8. The van der Waals surface area contributed by atoms with E-state index >= 15 is 0 Å². The molecule has 2 heterocycles. The minimum absolute atomic E-state index is 0.0285. The lowest BCUT2D eigenvalue weighted by Crippen LogP contribution is -2.35. The van der Waals surface area contributed by atoms with Gasteiger partial charge in [-0.15, -0.1) is 0 Å². The smallest absolute Gasteiger partial charge is 0.227 e. The number of aryl methyl sites for hydroxylation is 1. The highest BCUT2D eigenvalue weighted by atomic mass is 35.5. The highest BCUT2D eigenvalue weighted by Crippen LogP contribution is 2.30. The fourth-order valence-corrected chi connectivity index (χ4v) is 3.97. The topological polar surface area (TPSA) is 64.2 Å². The molecule has 1 aromatic heterocycles. The summed E-state index contributed by atoms with van der Waals surface area (Å²) >= 11 is 12.3. The number of carbonyl (C=O) groups is 1. The Bertz CT molecular complexity index is 848. The van der Waals surface area contributed by atoms with Gasteiger partial charge in [-0.25, -0.2) is 4.68 Å². The lowest BCUT2D eigenvalue weighted by atomic mass is 9.90. The summed E-state index contributed by atoms with van der Waals surface area (Å²) in [5.74, 6) is 0.120. The van der Waals surface area contributed by atoms with Crippen LogP contribution in [-0.2, 0) is 11.2 Å². The molecule has 1 amide bonds. The van der Waals surface area contributed by atoms with Crippen LogP contribution in [0.3, 0.4) is 0 Å². The SMILES string of the molecule is Cc1nn(-c2ccc(Cl)cc2Cl)c(C)c1CC(=O)N1CCC(C)(CN)C1. The van der Waals surface area contributed by atoms with Gasteiger partial charge in [-0.3, -0.25) is 4.79 Å². The number of likely N-dealkylation sites (tertiary alicyclic amines) is 1. The third-order valence-electron chi connectivity index (χ3n) is 5.31. The summed E-state index contributed by atoms with van der Waals surface area (Å²) < 4.78 is 1.78. The van der Waals surface area contributed by atoms with Gasteiger partial charge in [0.1, 0.15) is 0 Å². The van der Waals surface area contributed by atoms with Crippen LogP contribution in [0.15, 0.2) is 18.2 Å². The largest absolute Gasteiger partial charge is 0.342 e. The minimum atomic E-state index is 0.0285. The molecular formula is C19H24Cl2N4O. The van der Waals surface area contributed by atoms with Gasteiger partial charge < -0.3 is 10.6 Å². The van der Waals surface area contributed by atoms with E-state index in [0.29, 0.717) is 23.0 Å². The molecule has 1 aliphatic heterocycles. The van der Waals surface area contributed by atoms with E-state index in [4.69, 9.17) is 28.9 Å². The molecule has 1 unspecified atom stereocenters. The fraction of sp³-hybridized carbons (Fsp3) is 0.474. The Balaban J connectivity index is 1.84. The Labute approximate surface area is 164 Å². The number of nitrogens with two attached hydrogens (primary N) is 1. The van der Waals surface area contributed by atoms with Crippen LogP contribution < -0.4 is 5.73 Å². The Kier molecular flexibility index (Phi) is 5.33. The lowest BCUT2D eigenvalue weighted by Gasteiger charge is -2.22. The quantitative estimate of drug-likeness (QED) is 0.862. The number of hydrogen-bond donors (Lipinski definition) is 1. The molecule has 1 aromatic carbocycles. The predicted octanol–water partition coefficient (Wildman–Crippen LogP) is 3.54. The van der Waals surface area contributed by atoms with E-state index in [2.05, 4.69) is 12.0 Å². The Hall–Kier alpha value is -1.56. The third kappa shape index (κ3) is 3.61. The molecule has 1 fully saturated rings. The molecule has 3 rings (SSSR count). The van der Waals surface area contributed by atoms with Crippen molar-refractivity contribution < 1.29 is 4.79 Å². The molecule has 26 heavy (non-hydrogen) atoms. The van der Waals surface area contributed by atoms with Gasteiger partial charge in [0.25, 0.3) is 0 Å². The Morgan fingerprint density at radius 2 is 2.08 bits per heavy atom. The van der Waals surface area contributed by atoms with Crippen molar-refractivity contribution in [1.29, 1.82) is 0 Å². The maximum atomic E-state index is 12.8. The van der Waals surface area contributed by atoms with Gasteiger partial charge >= 0.3 is 0 Å². The van der Waals surface area contributed by atoms with Gasteiger partial charge in [-0.05, 0) is 50.4 Å². The standard InChI is InChI=1S/C19H24Cl2N4O/c1-12-15(9-18(26)24-7-6-19(3,10-22)11-24)13(2)25(23-12)17-5-4-14(20)8-16(17)21/h4-5,8H,6-7,9-11,22H2,1-3H3. The van der Waals surface area contributed by atoms with Gasteiger partial charge in [0, 0.05) is 29.4 Å². The van der Waals surface area contributed by atoms with Gasteiger partial charge in [0.05, 0.1) is 22.8 Å². The first kappa shape index (κ1) is 19.2. The number of benzene rings is 1. The first-order valence-electron chi connectivity index (χ1n) is 8.72. The van der Waals surface area contributed by atoms with Crippen molar-refractivity contribution in [2.24, 2.45) is 11.1 Å². The molecule has 2 aromatic rings. The van der Waals surface area contributed by atoms with Crippen molar-refractivity contribution in [2.75, 3.05) is 19.6 Å². The average molecular weight is 395 g/mol. The molecule has 2 N–H and O–H groups in total. The van der Waals surface area contributed by atoms with Crippen LogP contribution in [0.1, 0.15) is 30.3 Å². The van der Waals surface area contributed by atoms with Crippen molar-refractivity contribution in [3.05, 3.63) is 45.2 Å². The molecule has 0 saturated carbocycles. The van der Waals surface area contributed by atoms with Crippen molar-refractivity contribution in [2.45, 2.75) is 33.6 Å². The van der Waals surface area contributed by atoms with Crippen molar-refractivity contribution in [3.8, 4) is 5.69 Å². The molecule has 1 atom stereocenters. The number of aromatic nitrogens is 2. The molecule has 140 valence electrons. The van der Waals surface area contributed by atoms with Crippen LogP contribution in [-0.4, -0.2) is 40.2 Å². The second-order valence-electron chi connectivity index (χ2n) is 7.41. The second-order valence-corrected chi connectivity index (χ2v) is 8.26. The summed E-state index contributed by atoms with van der Waals surface area (Å²) in [4.78, 5) is 14.7. The van der Waals surface area contributed by atoms with Gasteiger partial charge in [0.2, 0.25) is 5.91 Å². The molecule has 0 radical (unpaired) electrons. The lowest BCUT2D eigenvalue weighted by molar-refractivity contribution is -0.129. The van der Waals surface area contributed by atoms with Crippen LogP contribution >= 0.6 is 23.2 Å². The van der Waals surface area contributed by atoms with Crippen molar-refractivity contribution in [1.82, 2.24) is 14.7 Å². The number of nitrogens with zero attached hydrogens (tertiary/aromatic N) is 3. The minimum Gasteiger partial charge on any atom is -0.342 e. The van der Waals surface area contributed by atoms with E-state index in [1.54, 1.807) is 16.8 Å². The number of hydrogen-bond acceptors (Lipinski definition) is 3. The first-order chi connectivity index (χ1) is 12.2. The summed E-state index contributed by atoms with van der Waals surface area (Å²) in [7, 11) is 0. The average Bonchev–Trinajstić information content (AvgIpc) is 3.11. The second kappa shape index (κ2) is 7.22. The van der Waals surface area contributed by atoms with Crippen LogP contribution in [0, 0.1) is 19.3 Å². The predicted molar refractivity (Wildman–Crippen MR) is 105 cm³/mol. The Morgan fingerprint density at radius 3 is 2.69 bits per heavy atom. The summed E-state index contributed by atoms with van der Waals surface area (Å²) in [5, 5.41) is 5.70. The number of carbonyl (C=O) groups excluding carboxylic acids is 1. The molecule has 7 heteroatoms. The van der Waals surface area contributed by atoms with E-state index in [1.807, 2.05) is 24.8 Å². The normalized spacial score (nSPS) is 20.0. The van der Waals surface area contributed by atoms with E-state index in [1.165, 1.54) is 0 Å². The third-order valence-corrected chi connectivity index (χ3v) is 5.85. The van der Waals surface area contributed by atoms with E-state index in [9.17, 15) is 4.79 Å². The Morgan fingerprint density at radius 1 is 1.35 bits per heavy atom. The molecule has 0 spiro atoms. The van der Waals surface area contributed by atoms with Crippen LogP contribution in [0.2, 0.25) is 10.0 Å². The molecule has 0 aliphatic carbocycles. The number of rotatable bonds is 4.